The average Bonchev–Trinajstić information content (AvgIpc) is 1.84. The first-order chi connectivity index (χ1) is 5.34. The van der Waals surface area contributed by atoms with E-state index in [0.29, 0.717) is 12.5 Å². The molecule has 0 aliphatic heterocycles. The molecule has 0 fully saturated rings. The Balaban J connectivity index is 3.59. The van der Waals surface area contributed by atoms with Crippen LogP contribution in [0.25, 0.3) is 0 Å². The number of carbonyl (C=O) groups is 1. The van der Waals surface area contributed by atoms with E-state index in [2.05, 4.69) is 13.8 Å². The molecule has 0 rings (SSSR count). The van der Waals surface area contributed by atoms with Crippen molar-refractivity contribution < 1.29 is 14.6 Å². The van der Waals surface area contributed by atoms with Gasteiger partial charge in [-0.3, -0.25) is 0 Å². The molecular formula is C9H18O3. The van der Waals surface area contributed by atoms with Gasteiger partial charge < -0.3 is 9.84 Å². The fraction of sp³-hybridized carbons (Fsp3) is 0.889. The summed E-state index contributed by atoms with van der Waals surface area (Å²) in [6.07, 6.45) is 0.835. The smallest absolute Gasteiger partial charge is 0.337 e. The Morgan fingerprint density at radius 1 is 1.50 bits per heavy atom. The molecule has 1 N–H and O–H groups in total. The van der Waals surface area contributed by atoms with E-state index in [1.807, 2.05) is 0 Å². The van der Waals surface area contributed by atoms with Gasteiger partial charge in [-0.25, -0.2) is 4.79 Å². The van der Waals surface area contributed by atoms with Crippen molar-refractivity contribution in [2.45, 2.75) is 39.7 Å². The lowest BCUT2D eigenvalue weighted by molar-refractivity contribution is -0.162. The van der Waals surface area contributed by atoms with Crippen molar-refractivity contribution in [2.75, 3.05) is 6.61 Å². The van der Waals surface area contributed by atoms with Gasteiger partial charge in [-0.15, -0.1) is 0 Å². The molecule has 0 bridgehead atoms. The first-order valence-corrected chi connectivity index (χ1v) is 4.23. The second-order valence-electron chi connectivity index (χ2n) is 3.88. The molecule has 0 atom stereocenters. The van der Waals surface area contributed by atoms with Gasteiger partial charge in [-0.1, -0.05) is 13.8 Å². The summed E-state index contributed by atoms with van der Waals surface area (Å²) in [6, 6.07) is 0. The van der Waals surface area contributed by atoms with Crippen molar-refractivity contribution in [3.8, 4) is 0 Å². The Morgan fingerprint density at radius 2 is 2.00 bits per heavy atom. The molecule has 0 radical (unpaired) electrons. The molecule has 0 amide bonds. The first-order valence-electron chi connectivity index (χ1n) is 4.23. The second-order valence-corrected chi connectivity index (χ2v) is 3.88. The van der Waals surface area contributed by atoms with E-state index in [-0.39, 0.29) is 0 Å². The van der Waals surface area contributed by atoms with Crippen LogP contribution in [0.2, 0.25) is 0 Å². The van der Waals surface area contributed by atoms with Gasteiger partial charge in [0, 0.05) is 0 Å². The highest BCUT2D eigenvalue weighted by Crippen LogP contribution is 2.06. The van der Waals surface area contributed by atoms with Crippen molar-refractivity contribution in [2.24, 2.45) is 5.92 Å². The Hall–Kier alpha value is -0.570. The number of hydrogen-bond acceptors (Lipinski definition) is 3. The van der Waals surface area contributed by atoms with Crippen LogP contribution in [0.5, 0.6) is 0 Å². The van der Waals surface area contributed by atoms with Gasteiger partial charge >= 0.3 is 5.97 Å². The third kappa shape index (κ3) is 5.13. The minimum atomic E-state index is -1.36. The molecule has 0 aromatic heterocycles. The zero-order valence-electron chi connectivity index (χ0n) is 8.26. The standard InChI is InChI=1S/C9H18O3/c1-7(2)5-6-12-8(10)9(3,4)11/h7,11H,5-6H2,1-4H3. The summed E-state index contributed by atoms with van der Waals surface area (Å²) in [5.41, 5.74) is -1.36. The van der Waals surface area contributed by atoms with Crippen molar-refractivity contribution in [3.05, 3.63) is 0 Å². The summed E-state index contributed by atoms with van der Waals surface area (Å²) in [5, 5.41) is 9.18. The zero-order valence-corrected chi connectivity index (χ0v) is 8.26. The fourth-order valence-electron chi connectivity index (χ4n) is 0.564. The molecule has 0 saturated heterocycles. The summed E-state index contributed by atoms with van der Waals surface area (Å²) in [4.78, 5) is 11.0. The number of ether oxygens (including phenoxy) is 1. The number of carbonyl (C=O) groups excluding carboxylic acids is 1. The fourth-order valence-corrected chi connectivity index (χ4v) is 0.564. The van der Waals surface area contributed by atoms with E-state index < -0.39 is 11.6 Å². The third-order valence-corrected chi connectivity index (χ3v) is 1.43. The van der Waals surface area contributed by atoms with E-state index in [4.69, 9.17) is 4.74 Å². The predicted octanol–water partition coefficient (Wildman–Crippen LogP) is 1.35. The molecule has 0 heterocycles. The molecule has 0 saturated carbocycles. The Kier molecular flexibility index (Phi) is 4.24. The number of hydrogen-bond donors (Lipinski definition) is 1. The quantitative estimate of drug-likeness (QED) is 0.654. The van der Waals surface area contributed by atoms with Gasteiger partial charge in [0.2, 0.25) is 0 Å². The van der Waals surface area contributed by atoms with Crippen LogP contribution >= 0.6 is 0 Å². The summed E-state index contributed by atoms with van der Waals surface area (Å²) in [7, 11) is 0. The minimum Gasteiger partial charge on any atom is -0.464 e. The Labute approximate surface area is 73.7 Å². The average molecular weight is 174 g/mol. The predicted molar refractivity (Wildman–Crippen MR) is 46.7 cm³/mol. The SMILES string of the molecule is CC(C)CCOC(=O)C(C)(C)O. The van der Waals surface area contributed by atoms with Crippen LogP contribution in [0.15, 0.2) is 0 Å². The molecule has 0 unspecified atom stereocenters. The molecule has 3 nitrogen and oxygen atoms in total. The summed E-state index contributed by atoms with van der Waals surface area (Å²) >= 11 is 0. The van der Waals surface area contributed by atoms with Crippen molar-refractivity contribution >= 4 is 5.97 Å². The maximum Gasteiger partial charge on any atom is 0.337 e. The largest absolute Gasteiger partial charge is 0.464 e. The molecule has 72 valence electrons. The summed E-state index contributed by atoms with van der Waals surface area (Å²) in [5.74, 6) is -0.0391. The molecule has 0 aromatic rings. The van der Waals surface area contributed by atoms with Gasteiger partial charge in [0.15, 0.2) is 5.60 Å². The van der Waals surface area contributed by atoms with Crippen molar-refractivity contribution in [3.63, 3.8) is 0 Å². The highest BCUT2D eigenvalue weighted by Gasteiger charge is 2.25. The van der Waals surface area contributed by atoms with Crippen LogP contribution in [0, 0.1) is 5.92 Å². The third-order valence-electron chi connectivity index (χ3n) is 1.43. The van der Waals surface area contributed by atoms with Gasteiger partial charge in [0.25, 0.3) is 0 Å². The van der Waals surface area contributed by atoms with Crippen LogP contribution in [0.1, 0.15) is 34.1 Å². The topological polar surface area (TPSA) is 46.5 Å². The Morgan fingerprint density at radius 3 is 2.33 bits per heavy atom. The minimum absolute atomic E-state index is 0.389. The van der Waals surface area contributed by atoms with Crippen LogP contribution in [0.3, 0.4) is 0 Å². The van der Waals surface area contributed by atoms with Crippen molar-refractivity contribution in [1.82, 2.24) is 0 Å². The van der Waals surface area contributed by atoms with Gasteiger partial charge in [-0.2, -0.15) is 0 Å². The van der Waals surface area contributed by atoms with Gasteiger partial charge in [0.1, 0.15) is 0 Å². The van der Waals surface area contributed by atoms with Crippen LogP contribution in [-0.2, 0) is 9.53 Å². The lowest BCUT2D eigenvalue weighted by atomic mass is 10.1. The molecule has 0 aliphatic rings. The number of aliphatic hydroxyl groups is 1. The molecule has 3 heteroatoms. The van der Waals surface area contributed by atoms with E-state index in [1.54, 1.807) is 0 Å². The molecular weight excluding hydrogens is 156 g/mol. The summed E-state index contributed by atoms with van der Waals surface area (Å²) in [6.45, 7) is 7.34. The molecule has 0 aromatic carbocycles. The van der Waals surface area contributed by atoms with E-state index in [0.717, 1.165) is 6.42 Å². The van der Waals surface area contributed by atoms with Gasteiger partial charge in [0.05, 0.1) is 6.61 Å². The Bertz CT molecular complexity index is 144. The second kappa shape index (κ2) is 4.45. The van der Waals surface area contributed by atoms with Crippen LogP contribution in [-0.4, -0.2) is 23.3 Å². The lowest BCUT2D eigenvalue weighted by Gasteiger charge is -2.15. The normalized spacial score (nSPS) is 11.8. The zero-order chi connectivity index (χ0) is 9.78. The monoisotopic (exact) mass is 174 g/mol. The van der Waals surface area contributed by atoms with E-state index >= 15 is 0 Å². The van der Waals surface area contributed by atoms with E-state index in [9.17, 15) is 9.90 Å². The summed E-state index contributed by atoms with van der Waals surface area (Å²) < 4.78 is 4.83. The van der Waals surface area contributed by atoms with E-state index in [1.165, 1.54) is 13.8 Å². The van der Waals surface area contributed by atoms with Gasteiger partial charge in [-0.05, 0) is 26.2 Å². The maximum absolute atomic E-state index is 11.0. The molecule has 0 aliphatic carbocycles. The highest BCUT2D eigenvalue weighted by atomic mass is 16.5. The van der Waals surface area contributed by atoms with Crippen LogP contribution in [0.4, 0.5) is 0 Å². The first kappa shape index (κ1) is 11.4. The molecule has 0 spiro atoms. The highest BCUT2D eigenvalue weighted by molar-refractivity contribution is 5.78. The number of esters is 1. The van der Waals surface area contributed by atoms with Crippen molar-refractivity contribution in [1.29, 1.82) is 0 Å². The lowest BCUT2D eigenvalue weighted by Crippen LogP contribution is -2.33. The van der Waals surface area contributed by atoms with Crippen LogP contribution < -0.4 is 0 Å². The maximum atomic E-state index is 11.0. The molecule has 12 heavy (non-hydrogen) atoms. The number of rotatable bonds is 4.